The zero-order chi connectivity index (χ0) is 27.0. The van der Waals surface area contributed by atoms with E-state index in [1.54, 1.807) is 11.8 Å². The Kier molecular flexibility index (Phi) is 10.2. The summed E-state index contributed by atoms with van der Waals surface area (Å²) in [5.41, 5.74) is 2.45. The number of rotatable bonds is 9. The lowest BCUT2D eigenvalue weighted by atomic mass is 9.90. The predicted octanol–water partition coefficient (Wildman–Crippen LogP) is 6.14. The molecule has 2 saturated heterocycles. The van der Waals surface area contributed by atoms with Crippen LogP contribution in [0.3, 0.4) is 0 Å². The molecule has 0 aromatic heterocycles. The molecule has 1 N–H and O–H groups in total. The summed E-state index contributed by atoms with van der Waals surface area (Å²) in [6.45, 7) is 4.11. The van der Waals surface area contributed by atoms with E-state index in [4.69, 9.17) is 0 Å². The standard InChI is InChI=1S/C32H40BrN3O2S/c33-27-11-6-10-26(21-27)22-30-32(38)36(28-12-4-5-13-29(28)39-30)23-31(37)34-16-7-17-35-18-14-25(15-19-35)20-24-8-2-1-3-9-24/h1-3,6,8-11,21-22,25,28-29H,4-5,7,12-20,23H2,(H,34,37)/b30-22+. The van der Waals surface area contributed by atoms with Gasteiger partial charge in [0.05, 0.1) is 4.91 Å². The van der Waals surface area contributed by atoms with E-state index < -0.39 is 0 Å². The van der Waals surface area contributed by atoms with E-state index in [1.807, 2.05) is 35.2 Å². The predicted molar refractivity (Wildman–Crippen MR) is 164 cm³/mol. The maximum atomic E-state index is 13.5. The molecular formula is C32H40BrN3O2S. The quantitative estimate of drug-likeness (QED) is 0.274. The Balaban J connectivity index is 1.08. The summed E-state index contributed by atoms with van der Waals surface area (Å²) in [6, 6.07) is 19.0. The summed E-state index contributed by atoms with van der Waals surface area (Å²) in [4.78, 5) is 31.6. The first-order chi connectivity index (χ1) is 19.0. The molecule has 2 aliphatic heterocycles. The lowest BCUT2D eigenvalue weighted by Gasteiger charge is -2.43. The van der Waals surface area contributed by atoms with Crippen molar-refractivity contribution in [3.8, 4) is 0 Å². The number of halogens is 1. The summed E-state index contributed by atoms with van der Waals surface area (Å²) < 4.78 is 0.994. The largest absolute Gasteiger partial charge is 0.355 e. The SMILES string of the molecule is O=C(CN1C(=O)/C(=C\c2cccc(Br)c2)SC2CCCCC21)NCCCN1CCC(Cc2ccccc2)CC1. The van der Waals surface area contributed by atoms with Crippen molar-refractivity contribution in [2.24, 2.45) is 5.92 Å². The first-order valence-corrected chi connectivity index (χ1v) is 16.2. The number of amides is 2. The molecule has 2 unspecified atom stereocenters. The first-order valence-electron chi connectivity index (χ1n) is 14.5. The minimum atomic E-state index is -0.0389. The molecule has 1 aliphatic carbocycles. The van der Waals surface area contributed by atoms with Crippen molar-refractivity contribution in [1.82, 2.24) is 15.1 Å². The number of thioether (sulfide) groups is 1. The summed E-state index contributed by atoms with van der Waals surface area (Å²) in [6.07, 6.45) is 11.0. The Morgan fingerprint density at radius 2 is 1.82 bits per heavy atom. The fraction of sp³-hybridized carbons (Fsp3) is 0.500. The Bertz CT molecular complexity index is 1150. The number of nitrogens with one attached hydrogen (secondary N) is 1. The topological polar surface area (TPSA) is 52.7 Å². The Labute approximate surface area is 245 Å². The number of hydrogen-bond acceptors (Lipinski definition) is 4. The maximum absolute atomic E-state index is 13.5. The molecule has 5 rings (SSSR count). The molecule has 2 heterocycles. The molecule has 7 heteroatoms. The second-order valence-corrected chi connectivity index (χ2v) is 13.4. The average molecular weight is 611 g/mol. The summed E-state index contributed by atoms with van der Waals surface area (Å²) >= 11 is 5.23. The van der Waals surface area contributed by atoms with Crippen LogP contribution in [0.4, 0.5) is 0 Å². The lowest BCUT2D eigenvalue weighted by Crippen LogP contribution is -2.54. The molecule has 2 atom stereocenters. The van der Waals surface area contributed by atoms with Gasteiger partial charge in [-0.1, -0.05) is 71.2 Å². The molecule has 5 nitrogen and oxygen atoms in total. The molecule has 3 aliphatic rings. The fourth-order valence-corrected chi connectivity index (χ4v) is 8.10. The highest BCUT2D eigenvalue weighted by Gasteiger charge is 2.41. The number of benzene rings is 2. The normalized spacial score (nSPS) is 23.6. The van der Waals surface area contributed by atoms with Crippen LogP contribution in [0.1, 0.15) is 56.1 Å². The Morgan fingerprint density at radius 3 is 2.62 bits per heavy atom. The van der Waals surface area contributed by atoms with Gasteiger partial charge in [-0.2, -0.15) is 0 Å². The third kappa shape index (κ3) is 7.99. The monoisotopic (exact) mass is 609 g/mol. The van der Waals surface area contributed by atoms with Crippen molar-refractivity contribution in [3.63, 3.8) is 0 Å². The third-order valence-electron chi connectivity index (χ3n) is 8.33. The Hall–Kier alpha value is -2.09. The van der Waals surface area contributed by atoms with Gasteiger partial charge in [0.1, 0.15) is 6.54 Å². The van der Waals surface area contributed by atoms with Gasteiger partial charge in [-0.15, -0.1) is 11.8 Å². The highest BCUT2D eigenvalue weighted by molar-refractivity contribution is 9.10. The minimum Gasteiger partial charge on any atom is -0.355 e. The van der Waals surface area contributed by atoms with Crippen LogP contribution in [0.2, 0.25) is 0 Å². The van der Waals surface area contributed by atoms with E-state index in [0.29, 0.717) is 11.8 Å². The van der Waals surface area contributed by atoms with Crippen LogP contribution in [0.5, 0.6) is 0 Å². The van der Waals surface area contributed by atoms with Crippen molar-refractivity contribution >= 4 is 45.6 Å². The van der Waals surface area contributed by atoms with E-state index in [2.05, 4.69) is 56.5 Å². The number of piperidine rings is 1. The number of hydrogen-bond donors (Lipinski definition) is 1. The molecule has 39 heavy (non-hydrogen) atoms. The molecule has 0 bridgehead atoms. The van der Waals surface area contributed by atoms with Gasteiger partial charge in [-0.3, -0.25) is 9.59 Å². The zero-order valence-corrected chi connectivity index (χ0v) is 25.1. The van der Waals surface area contributed by atoms with Crippen molar-refractivity contribution < 1.29 is 9.59 Å². The van der Waals surface area contributed by atoms with Crippen molar-refractivity contribution in [2.45, 2.75) is 62.7 Å². The van der Waals surface area contributed by atoms with Crippen LogP contribution in [0.15, 0.2) is 64.0 Å². The molecule has 0 radical (unpaired) electrons. The van der Waals surface area contributed by atoms with E-state index in [1.165, 1.54) is 31.2 Å². The van der Waals surface area contributed by atoms with Gasteiger partial charge in [0, 0.05) is 22.3 Å². The third-order valence-corrected chi connectivity index (χ3v) is 10.2. The van der Waals surface area contributed by atoms with Crippen LogP contribution < -0.4 is 5.32 Å². The van der Waals surface area contributed by atoms with Gasteiger partial charge < -0.3 is 15.1 Å². The summed E-state index contributed by atoms with van der Waals surface area (Å²) in [5.74, 6) is 0.731. The second-order valence-electron chi connectivity index (χ2n) is 11.2. The molecule has 2 aromatic rings. The van der Waals surface area contributed by atoms with E-state index in [0.717, 1.165) is 66.2 Å². The fourth-order valence-electron chi connectivity index (χ4n) is 6.21. The van der Waals surface area contributed by atoms with Crippen molar-refractivity contribution in [2.75, 3.05) is 32.7 Å². The van der Waals surface area contributed by atoms with Gasteiger partial charge in [0.15, 0.2) is 0 Å². The number of likely N-dealkylation sites (tertiary alicyclic amines) is 1. The molecule has 2 amide bonds. The van der Waals surface area contributed by atoms with Gasteiger partial charge in [0.2, 0.25) is 5.91 Å². The molecule has 208 valence electrons. The van der Waals surface area contributed by atoms with Crippen LogP contribution in [-0.4, -0.2) is 65.6 Å². The number of fused-ring (bicyclic) bond motifs is 1. The number of nitrogens with zero attached hydrogens (tertiary/aromatic N) is 2. The van der Waals surface area contributed by atoms with Crippen molar-refractivity contribution in [1.29, 1.82) is 0 Å². The molecule has 1 saturated carbocycles. The Morgan fingerprint density at radius 1 is 1.03 bits per heavy atom. The van der Waals surface area contributed by atoms with Gasteiger partial charge in [-0.25, -0.2) is 0 Å². The summed E-state index contributed by atoms with van der Waals surface area (Å²) in [5, 5.41) is 3.48. The number of carbonyl (C=O) groups excluding carboxylic acids is 2. The lowest BCUT2D eigenvalue weighted by molar-refractivity contribution is -0.135. The minimum absolute atomic E-state index is 0.00310. The first kappa shape index (κ1) is 28.4. The smallest absolute Gasteiger partial charge is 0.261 e. The van der Waals surface area contributed by atoms with Crippen LogP contribution in [0.25, 0.3) is 6.08 Å². The average Bonchev–Trinajstić information content (AvgIpc) is 2.95. The van der Waals surface area contributed by atoms with Gasteiger partial charge >= 0.3 is 0 Å². The molecular weight excluding hydrogens is 570 g/mol. The highest BCUT2D eigenvalue weighted by Crippen LogP contribution is 2.42. The summed E-state index contributed by atoms with van der Waals surface area (Å²) in [7, 11) is 0. The maximum Gasteiger partial charge on any atom is 0.261 e. The van der Waals surface area contributed by atoms with Gasteiger partial charge in [-0.05, 0) is 93.4 Å². The van der Waals surface area contributed by atoms with Crippen molar-refractivity contribution in [3.05, 3.63) is 75.1 Å². The second kappa shape index (κ2) is 14.0. The van der Waals surface area contributed by atoms with Crippen LogP contribution in [0, 0.1) is 5.92 Å². The van der Waals surface area contributed by atoms with Crippen LogP contribution in [-0.2, 0) is 16.0 Å². The van der Waals surface area contributed by atoms with E-state index in [9.17, 15) is 9.59 Å². The highest BCUT2D eigenvalue weighted by atomic mass is 79.9. The van der Waals surface area contributed by atoms with Crippen LogP contribution >= 0.6 is 27.7 Å². The molecule has 2 aromatic carbocycles. The van der Waals surface area contributed by atoms with Gasteiger partial charge in [0.25, 0.3) is 5.91 Å². The molecule has 0 spiro atoms. The molecule has 3 fully saturated rings. The van der Waals surface area contributed by atoms with E-state index in [-0.39, 0.29) is 24.4 Å². The van der Waals surface area contributed by atoms with E-state index >= 15 is 0 Å². The zero-order valence-electron chi connectivity index (χ0n) is 22.7. The number of carbonyl (C=O) groups is 2.